The molecular weight excluding hydrogens is 567 g/mol. The van der Waals surface area contributed by atoms with E-state index < -0.39 is 46.2 Å². The van der Waals surface area contributed by atoms with E-state index in [-0.39, 0.29) is 24.4 Å². The van der Waals surface area contributed by atoms with Crippen molar-refractivity contribution in [2.75, 3.05) is 30.0 Å². The van der Waals surface area contributed by atoms with Gasteiger partial charge in [0, 0.05) is 19.2 Å². The minimum Gasteiger partial charge on any atom is -0.394 e. The molecule has 12 heteroatoms. The van der Waals surface area contributed by atoms with Crippen LogP contribution < -0.4 is 9.80 Å². The Kier molecular flexibility index (Phi) is 8.16. The third-order valence-corrected chi connectivity index (χ3v) is 7.40. The van der Waals surface area contributed by atoms with E-state index in [4.69, 9.17) is 0 Å². The predicted octanol–water partition coefficient (Wildman–Crippen LogP) is 6.91. The zero-order valence-corrected chi connectivity index (χ0v) is 23.1. The number of carbonyl (C=O) groups excluding carboxylic acids is 1. The first-order valence-corrected chi connectivity index (χ1v) is 12.8. The van der Waals surface area contributed by atoms with Gasteiger partial charge in [0.25, 0.3) is 0 Å². The first-order valence-electron chi connectivity index (χ1n) is 12.8. The Morgan fingerprint density at radius 3 is 2.12 bits per heavy atom. The lowest BCUT2D eigenvalue weighted by molar-refractivity contribution is -0.143. The Hall–Kier alpha value is -3.93. The summed E-state index contributed by atoms with van der Waals surface area (Å²) in [5.74, 6) is -0.859. The molecule has 0 fully saturated rings. The van der Waals surface area contributed by atoms with Crippen LogP contribution in [0.4, 0.5) is 42.2 Å². The third kappa shape index (κ3) is 5.99. The normalized spacial score (nSPS) is 15.8. The van der Waals surface area contributed by atoms with Gasteiger partial charge in [-0.1, -0.05) is 18.2 Å². The van der Waals surface area contributed by atoms with Crippen molar-refractivity contribution < 1.29 is 40.6 Å². The van der Waals surface area contributed by atoms with Gasteiger partial charge in [-0.05, 0) is 73.9 Å². The van der Waals surface area contributed by atoms with Crippen molar-refractivity contribution in [3.63, 3.8) is 0 Å². The minimum absolute atomic E-state index is 0.0126. The van der Waals surface area contributed by atoms with E-state index in [0.29, 0.717) is 41.2 Å². The molecule has 1 N–H and O–H groups in total. The van der Waals surface area contributed by atoms with Gasteiger partial charge in [0.05, 0.1) is 41.1 Å². The molecule has 0 saturated heterocycles. The molecule has 1 aliphatic rings. The van der Waals surface area contributed by atoms with Gasteiger partial charge in [0.2, 0.25) is 5.91 Å². The molecule has 4 rings (SSSR count). The summed E-state index contributed by atoms with van der Waals surface area (Å²) in [6, 6.07) is 6.42. The monoisotopic (exact) mass is 595 g/mol. The number of pyridine rings is 1. The molecule has 1 aliphatic heterocycles. The summed E-state index contributed by atoms with van der Waals surface area (Å²) in [6.07, 6.45) is -5.14. The van der Waals surface area contributed by atoms with Gasteiger partial charge in [-0.25, -0.2) is 9.37 Å². The second-order valence-corrected chi connectivity index (χ2v) is 10.6. The molecule has 0 unspecified atom stereocenters. The number of amides is 1. The highest BCUT2D eigenvalue weighted by Gasteiger charge is 2.41. The largest absolute Gasteiger partial charge is 0.416 e. The highest BCUT2D eigenvalue weighted by molar-refractivity contribution is 6.03. The van der Waals surface area contributed by atoms with Crippen LogP contribution in [0.1, 0.15) is 36.1 Å². The third-order valence-electron chi connectivity index (χ3n) is 7.40. The van der Waals surface area contributed by atoms with Crippen LogP contribution >= 0.6 is 0 Å². The Balaban J connectivity index is 1.83. The predicted molar refractivity (Wildman–Crippen MR) is 145 cm³/mol. The molecule has 0 saturated carbocycles. The molecule has 224 valence electrons. The van der Waals surface area contributed by atoms with E-state index >= 15 is 0 Å². The average Bonchev–Trinajstić information content (AvgIpc) is 3.40. The van der Waals surface area contributed by atoms with Gasteiger partial charge in [-0.3, -0.25) is 4.79 Å². The van der Waals surface area contributed by atoms with Crippen molar-refractivity contribution in [2.24, 2.45) is 0 Å². The number of benzene rings is 2. The summed E-state index contributed by atoms with van der Waals surface area (Å²) in [6.45, 7) is 4.40. The number of carbonyl (C=O) groups is 1. The zero-order chi connectivity index (χ0) is 31.2. The van der Waals surface area contributed by atoms with Gasteiger partial charge in [0.15, 0.2) is 0 Å². The molecule has 3 aromatic rings. The summed E-state index contributed by atoms with van der Waals surface area (Å²) in [4.78, 5) is 21.2. The van der Waals surface area contributed by atoms with E-state index in [1.165, 1.54) is 45.3 Å². The number of alkyl halides is 6. The minimum atomic E-state index is -5.08. The second kappa shape index (κ2) is 11.0. The molecule has 2 heterocycles. The average molecular weight is 596 g/mol. The van der Waals surface area contributed by atoms with Crippen molar-refractivity contribution in [2.45, 2.75) is 44.6 Å². The highest BCUT2D eigenvalue weighted by Crippen LogP contribution is 2.41. The van der Waals surface area contributed by atoms with Crippen LogP contribution in [0, 0.1) is 12.7 Å². The molecule has 2 aromatic carbocycles. The fourth-order valence-corrected chi connectivity index (χ4v) is 4.97. The fraction of sp³-hybridized carbons (Fsp3) is 0.333. The summed E-state index contributed by atoms with van der Waals surface area (Å²) in [5.41, 5.74) is -3.71. The number of halogens is 7. The Bertz CT molecular complexity index is 1500. The first-order chi connectivity index (χ1) is 19.4. The maximum atomic E-state index is 14.0. The smallest absolute Gasteiger partial charge is 0.394 e. The number of aryl methyl sites for hydroxylation is 1. The number of anilines is 2. The van der Waals surface area contributed by atoms with Crippen molar-refractivity contribution in [1.29, 1.82) is 0 Å². The fourth-order valence-electron chi connectivity index (χ4n) is 4.97. The molecule has 0 aliphatic carbocycles. The van der Waals surface area contributed by atoms with Crippen LogP contribution in [0.5, 0.6) is 0 Å². The molecule has 1 aromatic heterocycles. The van der Waals surface area contributed by atoms with Crippen LogP contribution in [-0.4, -0.2) is 42.2 Å². The van der Waals surface area contributed by atoms with Crippen LogP contribution in [0.25, 0.3) is 11.1 Å². The number of likely N-dealkylation sites (N-methyl/N-ethyl adjacent to an activating group) is 1. The maximum Gasteiger partial charge on any atom is 0.416 e. The topological polar surface area (TPSA) is 56.7 Å². The Morgan fingerprint density at radius 1 is 0.976 bits per heavy atom. The van der Waals surface area contributed by atoms with Crippen molar-refractivity contribution in [1.82, 2.24) is 4.98 Å². The number of rotatable bonds is 6. The van der Waals surface area contributed by atoms with Crippen molar-refractivity contribution in [3.05, 3.63) is 88.9 Å². The molecule has 0 bridgehead atoms. The van der Waals surface area contributed by atoms with Crippen molar-refractivity contribution in [3.8, 4) is 11.1 Å². The molecule has 0 radical (unpaired) electrons. The Morgan fingerprint density at radius 2 is 1.57 bits per heavy atom. The summed E-state index contributed by atoms with van der Waals surface area (Å²) in [5, 5.41) is 9.76. The van der Waals surface area contributed by atoms with Gasteiger partial charge in [-0.15, -0.1) is 0 Å². The molecule has 1 atom stereocenters. The number of aliphatic hydroxyl groups excluding tert-OH is 1. The lowest BCUT2D eigenvalue weighted by Gasteiger charge is -2.32. The lowest BCUT2D eigenvalue weighted by Crippen LogP contribution is -2.42. The number of hydrogen-bond donors (Lipinski definition) is 1. The maximum absolute atomic E-state index is 14.0. The summed E-state index contributed by atoms with van der Waals surface area (Å²) in [7, 11) is 1.34. The number of nitrogens with zero attached hydrogens (tertiary/aromatic N) is 3. The first kappa shape index (κ1) is 31.0. The molecule has 42 heavy (non-hydrogen) atoms. The van der Waals surface area contributed by atoms with Crippen LogP contribution in [0.15, 0.2) is 60.8 Å². The van der Waals surface area contributed by atoms with Gasteiger partial charge in [0.1, 0.15) is 11.6 Å². The number of aromatic nitrogens is 1. The molecule has 1 amide bonds. The quantitative estimate of drug-likeness (QED) is 0.249. The van der Waals surface area contributed by atoms with Gasteiger partial charge < -0.3 is 14.9 Å². The zero-order valence-electron chi connectivity index (χ0n) is 23.1. The van der Waals surface area contributed by atoms with Crippen LogP contribution in [-0.2, 0) is 22.6 Å². The number of hydrogen-bond acceptors (Lipinski definition) is 4. The van der Waals surface area contributed by atoms with Crippen LogP contribution in [0.3, 0.4) is 0 Å². The highest BCUT2D eigenvalue weighted by atomic mass is 19.4. The van der Waals surface area contributed by atoms with E-state index in [9.17, 15) is 40.6 Å². The van der Waals surface area contributed by atoms with E-state index in [0.717, 1.165) is 4.90 Å². The van der Waals surface area contributed by atoms with E-state index in [1.54, 1.807) is 24.0 Å². The van der Waals surface area contributed by atoms with Gasteiger partial charge >= 0.3 is 12.4 Å². The summed E-state index contributed by atoms with van der Waals surface area (Å²) < 4.78 is 95.3. The van der Waals surface area contributed by atoms with Gasteiger partial charge in [-0.2, -0.15) is 26.3 Å². The lowest BCUT2D eigenvalue weighted by atomic mass is 9.81. The molecule has 5 nitrogen and oxygen atoms in total. The van der Waals surface area contributed by atoms with Crippen LogP contribution in [0.2, 0.25) is 0 Å². The second-order valence-electron chi connectivity index (χ2n) is 10.6. The summed E-state index contributed by atoms with van der Waals surface area (Å²) >= 11 is 0. The van der Waals surface area contributed by atoms with Crippen molar-refractivity contribution >= 4 is 17.4 Å². The van der Waals surface area contributed by atoms with E-state index in [2.05, 4.69) is 4.98 Å². The standard InChI is InChI=1S/C30H28F7N3O2/c1-17-10-21(31)7-8-23(17)24-14-26(40-9-5-6-22(40)16-41)38-15-25(24)39(4)27(42)28(2,3)18-11-19(29(32,33)34)13-20(12-18)30(35,36)37/h5-8,10-15,22,41H,9,16H2,1-4H3/t22-/m0/s1. The number of aliphatic hydroxyl groups is 1. The Labute approximate surface area is 237 Å². The SMILES string of the molecule is Cc1cc(F)ccc1-c1cc(N2CC=C[C@H]2CO)ncc1N(C)C(=O)C(C)(C)c1cc(C(F)(F)F)cc(C(F)(F)F)c1. The van der Waals surface area contributed by atoms with E-state index in [1.807, 2.05) is 6.08 Å². The molecular formula is C30H28F7N3O2. The molecule has 0 spiro atoms.